The summed E-state index contributed by atoms with van der Waals surface area (Å²) in [4.78, 5) is 0. The van der Waals surface area contributed by atoms with E-state index in [4.69, 9.17) is 4.42 Å². The van der Waals surface area contributed by atoms with Gasteiger partial charge in [0.1, 0.15) is 5.58 Å². The second-order valence-electron chi connectivity index (χ2n) is 2.78. The van der Waals surface area contributed by atoms with Crippen LogP contribution in [-0.4, -0.2) is 0 Å². The molecule has 0 aliphatic heterocycles. The highest BCUT2D eigenvalue weighted by molar-refractivity contribution is 5.78. The standard InChI is InChI=1S/C10H9O/c1-7-5-9-3-4-11-10(9)6-8(7)2/h3-5H,1-2H3. The van der Waals surface area contributed by atoms with Crippen LogP contribution in [0.1, 0.15) is 11.1 Å². The van der Waals surface area contributed by atoms with Crippen LogP contribution in [0.4, 0.5) is 0 Å². The van der Waals surface area contributed by atoms with Crippen molar-refractivity contribution in [2.45, 2.75) is 13.8 Å². The molecule has 0 aliphatic rings. The number of aryl methyl sites for hydroxylation is 2. The first-order valence-electron chi connectivity index (χ1n) is 3.64. The van der Waals surface area contributed by atoms with Gasteiger partial charge in [-0.25, -0.2) is 0 Å². The van der Waals surface area contributed by atoms with Crippen LogP contribution in [0.5, 0.6) is 0 Å². The van der Waals surface area contributed by atoms with Crippen LogP contribution in [0.25, 0.3) is 11.0 Å². The molecule has 2 rings (SSSR count). The first-order valence-corrected chi connectivity index (χ1v) is 3.64. The smallest absolute Gasteiger partial charge is 0.142 e. The van der Waals surface area contributed by atoms with E-state index in [0.717, 1.165) is 16.5 Å². The summed E-state index contributed by atoms with van der Waals surface area (Å²) in [5.74, 6) is 0. The van der Waals surface area contributed by atoms with E-state index >= 15 is 0 Å². The summed E-state index contributed by atoms with van der Waals surface area (Å²) >= 11 is 0. The molecule has 2 aromatic rings. The van der Waals surface area contributed by atoms with Gasteiger partial charge in [-0.2, -0.15) is 0 Å². The fraction of sp³-hybridized carbons (Fsp3) is 0.200. The Bertz CT molecular complexity index is 349. The van der Waals surface area contributed by atoms with Gasteiger partial charge in [0.05, 0.1) is 6.26 Å². The summed E-state index contributed by atoms with van der Waals surface area (Å²) in [5, 5.41) is 1.13. The minimum atomic E-state index is 0.855. The Labute approximate surface area is 65.6 Å². The van der Waals surface area contributed by atoms with Gasteiger partial charge >= 0.3 is 0 Å². The fourth-order valence-corrected chi connectivity index (χ4v) is 1.14. The normalized spacial score (nSPS) is 10.7. The van der Waals surface area contributed by atoms with E-state index in [1.165, 1.54) is 5.56 Å². The molecule has 0 spiro atoms. The molecule has 1 radical (unpaired) electrons. The number of benzene rings is 1. The van der Waals surface area contributed by atoms with E-state index < -0.39 is 0 Å². The third-order valence-corrected chi connectivity index (χ3v) is 1.96. The van der Waals surface area contributed by atoms with Crippen LogP contribution in [0.15, 0.2) is 22.8 Å². The molecule has 1 aromatic heterocycles. The third kappa shape index (κ3) is 0.929. The molecule has 55 valence electrons. The molecule has 1 nitrogen and oxygen atoms in total. The van der Waals surface area contributed by atoms with Gasteiger partial charge in [-0.1, -0.05) is 0 Å². The maximum absolute atomic E-state index is 5.20. The first kappa shape index (κ1) is 6.47. The van der Waals surface area contributed by atoms with Gasteiger partial charge in [0.25, 0.3) is 0 Å². The molecular weight excluding hydrogens is 136 g/mol. The minimum absolute atomic E-state index is 0.855. The third-order valence-electron chi connectivity index (χ3n) is 1.96. The lowest BCUT2D eigenvalue weighted by Crippen LogP contribution is -1.78. The van der Waals surface area contributed by atoms with Crippen LogP contribution >= 0.6 is 0 Å². The lowest BCUT2D eigenvalue weighted by atomic mass is 10.1. The predicted molar refractivity (Wildman–Crippen MR) is 44.5 cm³/mol. The number of fused-ring (bicyclic) bond motifs is 1. The van der Waals surface area contributed by atoms with Crippen molar-refractivity contribution in [2.24, 2.45) is 0 Å². The molecule has 0 atom stereocenters. The van der Waals surface area contributed by atoms with E-state index in [0.29, 0.717) is 0 Å². The molecule has 11 heavy (non-hydrogen) atoms. The van der Waals surface area contributed by atoms with Crippen molar-refractivity contribution in [3.05, 3.63) is 35.6 Å². The summed E-state index contributed by atoms with van der Waals surface area (Å²) in [5.41, 5.74) is 3.28. The SMILES string of the molecule is Cc1[c]c2occc2cc1C. The molecule has 0 unspecified atom stereocenters. The fourth-order valence-electron chi connectivity index (χ4n) is 1.14. The van der Waals surface area contributed by atoms with Crippen molar-refractivity contribution in [1.82, 2.24) is 0 Å². The zero-order valence-corrected chi connectivity index (χ0v) is 6.64. The van der Waals surface area contributed by atoms with Gasteiger partial charge in [0.2, 0.25) is 0 Å². The second kappa shape index (κ2) is 2.12. The van der Waals surface area contributed by atoms with E-state index in [9.17, 15) is 0 Å². The van der Waals surface area contributed by atoms with Gasteiger partial charge in [-0.15, -0.1) is 0 Å². The minimum Gasteiger partial charge on any atom is -0.464 e. The van der Waals surface area contributed by atoms with Gasteiger partial charge < -0.3 is 4.42 Å². The Morgan fingerprint density at radius 1 is 1.36 bits per heavy atom. The summed E-state index contributed by atoms with van der Waals surface area (Å²) in [6, 6.07) is 7.24. The Morgan fingerprint density at radius 3 is 3.00 bits per heavy atom. The van der Waals surface area contributed by atoms with Crippen molar-refractivity contribution in [3.8, 4) is 0 Å². The maximum Gasteiger partial charge on any atom is 0.142 e. The number of furan rings is 1. The second-order valence-corrected chi connectivity index (χ2v) is 2.78. The number of hydrogen-bond acceptors (Lipinski definition) is 1. The largest absolute Gasteiger partial charge is 0.464 e. The maximum atomic E-state index is 5.20. The lowest BCUT2D eigenvalue weighted by molar-refractivity contribution is 0.615. The van der Waals surface area contributed by atoms with Crippen molar-refractivity contribution < 1.29 is 4.42 Å². The van der Waals surface area contributed by atoms with Crippen molar-refractivity contribution >= 4 is 11.0 Å². The summed E-state index contributed by atoms with van der Waals surface area (Å²) < 4.78 is 5.20. The zero-order chi connectivity index (χ0) is 7.84. The molecule has 0 saturated carbocycles. The van der Waals surface area contributed by atoms with Crippen LogP contribution in [-0.2, 0) is 0 Å². The van der Waals surface area contributed by atoms with Gasteiger partial charge in [-0.05, 0) is 37.1 Å². The van der Waals surface area contributed by atoms with E-state index in [1.54, 1.807) is 6.26 Å². The first-order chi connectivity index (χ1) is 5.27. The van der Waals surface area contributed by atoms with Crippen LogP contribution < -0.4 is 0 Å². The molecule has 1 heterocycles. The molecule has 0 amide bonds. The highest BCUT2D eigenvalue weighted by atomic mass is 16.3. The highest BCUT2D eigenvalue weighted by Crippen LogP contribution is 2.18. The Kier molecular flexibility index (Phi) is 1.25. The zero-order valence-electron chi connectivity index (χ0n) is 6.64. The van der Waals surface area contributed by atoms with Gasteiger partial charge in [-0.3, -0.25) is 0 Å². The van der Waals surface area contributed by atoms with Crippen LogP contribution in [0.3, 0.4) is 0 Å². The predicted octanol–water partition coefficient (Wildman–Crippen LogP) is 2.85. The van der Waals surface area contributed by atoms with Crippen molar-refractivity contribution in [2.75, 3.05) is 0 Å². The van der Waals surface area contributed by atoms with Gasteiger partial charge in [0.15, 0.2) is 0 Å². The number of rotatable bonds is 0. The number of hydrogen-bond donors (Lipinski definition) is 0. The topological polar surface area (TPSA) is 13.1 Å². The average Bonchev–Trinajstić information content (AvgIpc) is 2.36. The molecule has 0 saturated heterocycles. The monoisotopic (exact) mass is 145 g/mol. The Hall–Kier alpha value is -1.24. The quantitative estimate of drug-likeness (QED) is 0.555. The molecular formula is C10H9O. The molecule has 0 N–H and O–H groups in total. The summed E-state index contributed by atoms with van der Waals surface area (Å²) in [6.45, 7) is 4.12. The van der Waals surface area contributed by atoms with Crippen molar-refractivity contribution in [1.29, 1.82) is 0 Å². The Morgan fingerprint density at radius 2 is 2.18 bits per heavy atom. The van der Waals surface area contributed by atoms with E-state index in [2.05, 4.69) is 19.1 Å². The Balaban J connectivity index is 2.86. The molecule has 0 bridgehead atoms. The van der Waals surface area contributed by atoms with E-state index in [-0.39, 0.29) is 0 Å². The molecule has 0 aliphatic carbocycles. The van der Waals surface area contributed by atoms with Gasteiger partial charge in [0, 0.05) is 11.5 Å². The summed E-state index contributed by atoms with van der Waals surface area (Å²) in [7, 11) is 0. The van der Waals surface area contributed by atoms with Crippen LogP contribution in [0.2, 0.25) is 0 Å². The van der Waals surface area contributed by atoms with Crippen LogP contribution in [0, 0.1) is 19.9 Å². The summed E-state index contributed by atoms with van der Waals surface area (Å²) in [6.07, 6.45) is 1.69. The van der Waals surface area contributed by atoms with Crippen molar-refractivity contribution in [3.63, 3.8) is 0 Å². The van der Waals surface area contributed by atoms with E-state index in [1.807, 2.05) is 13.0 Å². The lowest BCUT2D eigenvalue weighted by Gasteiger charge is -1.96. The average molecular weight is 145 g/mol. The highest BCUT2D eigenvalue weighted by Gasteiger charge is 1.99. The molecule has 0 fully saturated rings. The molecule has 1 heteroatoms. The molecule has 1 aromatic carbocycles.